The summed E-state index contributed by atoms with van der Waals surface area (Å²) >= 11 is 8.17. The van der Waals surface area contributed by atoms with Crippen molar-refractivity contribution in [3.05, 3.63) is 69.8 Å². The zero-order valence-electron chi connectivity index (χ0n) is 31.6. The predicted octanol–water partition coefficient (Wildman–Crippen LogP) is 5.25. The van der Waals surface area contributed by atoms with E-state index in [9.17, 15) is 24.3 Å². The molecular formula is C39H54Cl2N6O6S. The van der Waals surface area contributed by atoms with E-state index in [0.717, 1.165) is 27.3 Å². The van der Waals surface area contributed by atoms with Crippen LogP contribution in [-0.2, 0) is 25.6 Å². The number of carbonyl (C=O) groups is 4. The molecule has 1 aliphatic rings. The summed E-state index contributed by atoms with van der Waals surface area (Å²) < 4.78 is 5.79. The number of thiazole rings is 1. The van der Waals surface area contributed by atoms with E-state index in [2.05, 4.69) is 15.6 Å². The number of amides is 4. The number of likely N-dealkylation sites (tertiary alicyclic amines) is 1. The number of β-amino-alcohol motifs (C(OH)–C–C–N with tert-alkyl or cyclic N) is 1. The van der Waals surface area contributed by atoms with Crippen molar-refractivity contribution in [2.75, 3.05) is 13.2 Å². The third-order valence-corrected chi connectivity index (χ3v) is 10.8. The highest BCUT2D eigenvalue weighted by atomic mass is 35.5. The molecule has 12 nitrogen and oxygen atoms in total. The number of nitrogens with two attached hydrogens (primary N) is 2. The molecule has 54 heavy (non-hydrogen) atoms. The average Bonchev–Trinajstić information content (AvgIpc) is 3.72. The van der Waals surface area contributed by atoms with Crippen LogP contribution in [0, 0.1) is 12.3 Å². The first-order valence-electron chi connectivity index (χ1n) is 18.1. The summed E-state index contributed by atoms with van der Waals surface area (Å²) in [4.78, 5) is 58.6. The van der Waals surface area contributed by atoms with Crippen LogP contribution in [0.25, 0.3) is 10.4 Å². The van der Waals surface area contributed by atoms with E-state index in [4.69, 9.17) is 27.8 Å². The number of unbranched alkanes of at least 4 members (excludes halogenated alkanes) is 1. The monoisotopic (exact) mass is 804 g/mol. The Morgan fingerprint density at radius 1 is 1.09 bits per heavy atom. The smallest absolute Gasteiger partial charge is 0.246 e. The van der Waals surface area contributed by atoms with E-state index >= 15 is 0 Å². The molecule has 1 aromatic heterocycles. The zero-order chi connectivity index (χ0) is 38.9. The maximum Gasteiger partial charge on any atom is 0.246 e. The molecule has 15 heteroatoms. The number of nitrogens with zero attached hydrogens (tertiary/aromatic N) is 2. The second kappa shape index (κ2) is 20.2. The van der Waals surface area contributed by atoms with Gasteiger partial charge in [-0.25, -0.2) is 4.98 Å². The van der Waals surface area contributed by atoms with Crippen molar-refractivity contribution in [1.29, 1.82) is 0 Å². The number of aliphatic hydroxyl groups excluding tert-OH is 1. The van der Waals surface area contributed by atoms with Gasteiger partial charge in [0.25, 0.3) is 0 Å². The molecule has 0 unspecified atom stereocenters. The van der Waals surface area contributed by atoms with Crippen LogP contribution in [-0.4, -0.2) is 76.0 Å². The molecule has 2 aromatic carbocycles. The molecule has 1 saturated heterocycles. The maximum absolute atomic E-state index is 14.0. The second-order valence-corrected chi connectivity index (χ2v) is 16.1. The van der Waals surface area contributed by atoms with Crippen molar-refractivity contribution in [2.24, 2.45) is 16.9 Å². The lowest BCUT2D eigenvalue weighted by Gasteiger charge is -2.35. The number of halogens is 2. The first-order chi connectivity index (χ1) is 25.0. The van der Waals surface area contributed by atoms with Gasteiger partial charge in [-0.3, -0.25) is 19.2 Å². The Labute approximate surface area is 333 Å². The Balaban J connectivity index is 0.00000784. The molecule has 0 aliphatic carbocycles. The lowest BCUT2D eigenvalue weighted by atomic mass is 9.85. The molecule has 0 bridgehead atoms. The Hall–Kier alpha value is -3.75. The van der Waals surface area contributed by atoms with E-state index in [-0.39, 0.29) is 68.7 Å². The summed E-state index contributed by atoms with van der Waals surface area (Å²) in [6.07, 6.45) is 1.84. The van der Waals surface area contributed by atoms with Crippen molar-refractivity contribution in [3.63, 3.8) is 0 Å². The van der Waals surface area contributed by atoms with Crippen molar-refractivity contribution in [3.8, 4) is 16.2 Å². The predicted molar refractivity (Wildman–Crippen MR) is 215 cm³/mol. The number of primary amides is 1. The van der Waals surface area contributed by atoms with Crippen LogP contribution in [0.1, 0.15) is 89.1 Å². The van der Waals surface area contributed by atoms with Crippen molar-refractivity contribution in [2.45, 2.75) is 110 Å². The number of rotatable bonds is 17. The summed E-state index contributed by atoms with van der Waals surface area (Å²) in [5.74, 6) is -0.965. The number of hydrogen-bond acceptors (Lipinski definition) is 9. The number of hydrogen-bond donors (Lipinski definition) is 5. The Morgan fingerprint density at radius 2 is 1.80 bits per heavy atom. The molecule has 1 aliphatic heterocycles. The van der Waals surface area contributed by atoms with Crippen LogP contribution in [0.15, 0.2) is 48.0 Å². The molecule has 7 N–H and O–H groups in total. The van der Waals surface area contributed by atoms with Gasteiger partial charge in [-0.1, -0.05) is 68.8 Å². The number of aryl methyl sites for hydroxylation is 2. The highest BCUT2D eigenvalue weighted by Crippen LogP contribution is 2.31. The Bertz CT molecular complexity index is 1730. The van der Waals surface area contributed by atoms with E-state index < -0.39 is 35.4 Å². The van der Waals surface area contributed by atoms with Crippen LogP contribution in [0.5, 0.6) is 5.75 Å². The van der Waals surface area contributed by atoms with E-state index in [1.165, 1.54) is 4.90 Å². The van der Waals surface area contributed by atoms with Crippen LogP contribution < -0.4 is 26.8 Å². The summed E-state index contributed by atoms with van der Waals surface area (Å²) in [5, 5.41) is 17.0. The number of benzene rings is 2. The molecule has 2 heterocycles. The molecule has 5 atom stereocenters. The summed E-state index contributed by atoms with van der Waals surface area (Å²) in [6, 6.07) is 10.9. The number of nitrogens with one attached hydrogen (secondary N) is 2. The number of aromatic nitrogens is 1. The number of ether oxygens (including phenoxy) is 1. The minimum Gasteiger partial charge on any atom is -0.490 e. The fourth-order valence-electron chi connectivity index (χ4n) is 6.32. The van der Waals surface area contributed by atoms with Gasteiger partial charge in [-0.05, 0) is 67.7 Å². The van der Waals surface area contributed by atoms with Crippen LogP contribution in [0.2, 0.25) is 5.02 Å². The van der Waals surface area contributed by atoms with Gasteiger partial charge in [-0.2, -0.15) is 0 Å². The first kappa shape index (κ1) is 44.6. The van der Waals surface area contributed by atoms with Gasteiger partial charge in [0.2, 0.25) is 23.6 Å². The first-order valence-corrected chi connectivity index (χ1v) is 19.3. The van der Waals surface area contributed by atoms with Gasteiger partial charge in [0.15, 0.2) is 0 Å². The molecule has 0 saturated carbocycles. The van der Waals surface area contributed by atoms with Gasteiger partial charge in [0.05, 0.1) is 33.3 Å². The second-order valence-electron chi connectivity index (χ2n) is 14.9. The lowest BCUT2D eigenvalue weighted by Crippen LogP contribution is -2.57. The van der Waals surface area contributed by atoms with Gasteiger partial charge in [0.1, 0.15) is 24.4 Å². The largest absolute Gasteiger partial charge is 0.490 e. The minimum absolute atomic E-state index is 0. The molecule has 4 rings (SSSR count). The Kier molecular flexibility index (Phi) is 16.7. The fourth-order valence-corrected chi connectivity index (χ4v) is 7.40. The van der Waals surface area contributed by atoms with Crippen LogP contribution in [0.3, 0.4) is 0 Å². The standard InChI is InChI=1S/C39H53ClN6O6S.ClH/c1-23(25-13-15-27(16-14-25)35-24(2)43-22-53-35)44-37(50)30-19-29(47)20-46(30)38(51)36(39(3,4)5)45-33(49)12-7-6-9-26-10-8-11-31(34(26)40)52-21-28(41)17-18-32(42)48;/h8,10-11,13-16,22-23,28-30,36,47H,6-7,9,12,17-21,41H2,1-5H3,(H2,42,48)(H,44,50)(H,45,49);1H/t23-,28+,29+,30-,36+;/m0./s1. The molecule has 296 valence electrons. The van der Waals surface area contributed by atoms with Gasteiger partial charge in [-0.15, -0.1) is 23.7 Å². The van der Waals surface area contributed by atoms with Crippen molar-refractivity contribution < 1.29 is 29.0 Å². The molecule has 0 spiro atoms. The van der Waals surface area contributed by atoms with E-state index in [1.807, 2.05) is 76.5 Å². The quantitative estimate of drug-likeness (QED) is 0.114. The molecule has 4 amide bonds. The fraction of sp³-hybridized carbons (Fsp3) is 0.513. The molecule has 1 fully saturated rings. The van der Waals surface area contributed by atoms with Crippen molar-refractivity contribution >= 4 is 59.0 Å². The molecular weight excluding hydrogens is 751 g/mol. The lowest BCUT2D eigenvalue weighted by molar-refractivity contribution is -0.144. The zero-order valence-corrected chi connectivity index (χ0v) is 34.0. The summed E-state index contributed by atoms with van der Waals surface area (Å²) in [5.41, 5.74) is 16.1. The molecule has 0 radical (unpaired) electrons. The van der Waals surface area contributed by atoms with Gasteiger partial charge < -0.3 is 36.8 Å². The van der Waals surface area contributed by atoms with Gasteiger partial charge in [0, 0.05) is 31.8 Å². The summed E-state index contributed by atoms with van der Waals surface area (Å²) in [7, 11) is 0. The maximum atomic E-state index is 14.0. The van der Waals surface area contributed by atoms with Crippen LogP contribution >= 0.6 is 35.3 Å². The Morgan fingerprint density at radius 3 is 2.43 bits per heavy atom. The normalized spacial score (nSPS) is 17.2. The number of aliphatic hydroxyl groups is 1. The topological polar surface area (TPSA) is 190 Å². The van der Waals surface area contributed by atoms with Gasteiger partial charge >= 0.3 is 0 Å². The SMILES string of the molecule is Cc1ncsc1-c1ccc([C@H](C)NC(=O)[C@@H]2C[C@@H](O)CN2C(=O)[C@@H](NC(=O)CCCCc2cccc(OC[C@H](N)CCC(N)=O)c2Cl)C(C)(C)C)cc1.Cl. The summed E-state index contributed by atoms with van der Waals surface area (Å²) in [6.45, 7) is 9.62. The highest BCUT2D eigenvalue weighted by molar-refractivity contribution is 7.13. The van der Waals surface area contributed by atoms with E-state index in [0.29, 0.717) is 36.5 Å². The minimum atomic E-state index is -0.909. The molecule has 3 aromatic rings. The number of carbonyl (C=O) groups excluding carboxylic acids is 4. The highest BCUT2D eigenvalue weighted by Gasteiger charge is 2.44. The van der Waals surface area contributed by atoms with E-state index in [1.54, 1.807) is 17.4 Å². The van der Waals surface area contributed by atoms with Crippen LogP contribution in [0.4, 0.5) is 0 Å². The third kappa shape index (κ3) is 12.4. The third-order valence-electron chi connectivity index (χ3n) is 9.42. The van der Waals surface area contributed by atoms with Crippen molar-refractivity contribution in [1.82, 2.24) is 20.5 Å². The average molecular weight is 806 g/mol.